The summed E-state index contributed by atoms with van der Waals surface area (Å²) in [5.41, 5.74) is 1.10. The van der Waals surface area contributed by atoms with E-state index in [2.05, 4.69) is 31.4 Å². The first-order valence-electron chi connectivity index (χ1n) is 8.12. The summed E-state index contributed by atoms with van der Waals surface area (Å²) >= 11 is 5.10. The van der Waals surface area contributed by atoms with Gasteiger partial charge >= 0.3 is 0 Å². The molecule has 0 spiro atoms. The van der Waals surface area contributed by atoms with Crippen LogP contribution in [0, 0.1) is 5.92 Å². The normalized spacial score (nSPS) is 13.8. The molecule has 3 aromatic rings. The van der Waals surface area contributed by atoms with Crippen LogP contribution in [0.15, 0.2) is 45.4 Å². The Kier molecular flexibility index (Phi) is 4.67. The third kappa shape index (κ3) is 3.99. The molecule has 2 heterocycles. The molecule has 1 aliphatic carbocycles. The summed E-state index contributed by atoms with van der Waals surface area (Å²) in [6, 6.07) is 11.9. The number of nitrogens with one attached hydrogen (secondary N) is 1. The second-order valence-corrected chi connectivity index (χ2v) is 8.06. The van der Waals surface area contributed by atoms with Gasteiger partial charge in [-0.25, -0.2) is 0 Å². The summed E-state index contributed by atoms with van der Waals surface area (Å²) in [6.07, 6.45) is 2.62. The Morgan fingerprint density at radius 1 is 1.28 bits per heavy atom. The molecule has 0 atom stereocenters. The molecule has 25 heavy (non-hydrogen) atoms. The van der Waals surface area contributed by atoms with Crippen molar-refractivity contribution in [1.82, 2.24) is 15.5 Å². The fourth-order valence-electron chi connectivity index (χ4n) is 2.49. The van der Waals surface area contributed by atoms with E-state index in [0.29, 0.717) is 24.7 Å². The molecule has 0 aliphatic heterocycles. The van der Waals surface area contributed by atoms with Crippen LogP contribution in [0.4, 0.5) is 0 Å². The molecule has 0 radical (unpaired) electrons. The summed E-state index contributed by atoms with van der Waals surface area (Å²) in [5, 5.41) is 7.05. The van der Waals surface area contributed by atoms with Crippen LogP contribution in [0.1, 0.15) is 29.2 Å². The minimum atomic E-state index is 0.158. The lowest BCUT2D eigenvalue weighted by molar-refractivity contribution is -0.122. The highest BCUT2D eigenvalue weighted by atomic mass is 79.9. The topological polar surface area (TPSA) is 68.0 Å². The Morgan fingerprint density at radius 3 is 2.92 bits per heavy atom. The molecule has 1 amide bonds. The van der Waals surface area contributed by atoms with E-state index < -0.39 is 0 Å². The Hall–Kier alpha value is -1.99. The third-order valence-electron chi connectivity index (χ3n) is 4.03. The van der Waals surface area contributed by atoms with Crippen LogP contribution >= 0.6 is 27.3 Å². The van der Waals surface area contributed by atoms with Gasteiger partial charge in [-0.15, -0.1) is 11.3 Å². The van der Waals surface area contributed by atoms with Crippen LogP contribution in [-0.4, -0.2) is 16.0 Å². The molecule has 7 heteroatoms. The number of hydrogen-bond donors (Lipinski definition) is 1. The molecule has 1 saturated carbocycles. The minimum Gasteiger partial charge on any atom is -0.351 e. The molecule has 0 saturated heterocycles. The maximum atomic E-state index is 11.7. The van der Waals surface area contributed by atoms with E-state index in [-0.39, 0.29) is 11.8 Å². The van der Waals surface area contributed by atoms with Crippen LogP contribution < -0.4 is 5.32 Å². The van der Waals surface area contributed by atoms with E-state index in [1.54, 1.807) is 11.3 Å². The molecule has 1 aliphatic rings. The van der Waals surface area contributed by atoms with Crippen molar-refractivity contribution in [2.45, 2.75) is 25.8 Å². The second kappa shape index (κ2) is 7.09. The Morgan fingerprint density at radius 2 is 2.12 bits per heavy atom. The molecular weight excluding hydrogens is 402 g/mol. The lowest BCUT2D eigenvalue weighted by atomic mass is 10.1. The van der Waals surface area contributed by atoms with E-state index in [9.17, 15) is 4.79 Å². The molecule has 5 nitrogen and oxygen atoms in total. The fraction of sp³-hybridized carbons (Fsp3) is 0.278. The highest BCUT2D eigenvalue weighted by Gasteiger charge is 2.29. The summed E-state index contributed by atoms with van der Waals surface area (Å²) in [5.74, 6) is 1.56. The SMILES string of the molecule is O=C(NCc1ccc(-c2noc(Cc3ccccc3Br)n2)s1)C1CC1. The lowest BCUT2D eigenvalue weighted by Gasteiger charge is -2.00. The van der Waals surface area contributed by atoms with E-state index >= 15 is 0 Å². The van der Waals surface area contributed by atoms with Gasteiger partial charge in [-0.3, -0.25) is 4.79 Å². The Bertz CT molecular complexity index is 901. The van der Waals surface area contributed by atoms with Crippen LogP contribution in [0.3, 0.4) is 0 Å². The summed E-state index contributed by atoms with van der Waals surface area (Å²) < 4.78 is 6.41. The van der Waals surface area contributed by atoms with Crippen molar-refractivity contribution in [3.05, 3.63) is 57.2 Å². The van der Waals surface area contributed by atoms with Gasteiger partial charge in [-0.1, -0.05) is 39.3 Å². The number of benzene rings is 1. The largest absolute Gasteiger partial charge is 0.351 e. The zero-order valence-electron chi connectivity index (χ0n) is 13.4. The van der Waals surface area contributed by atoms with Crippen molar-refractivity contribution in [3.8, 4) is 10.7 Å². The zero-order valence-corrected chi connectivity index (χ0v) is 15.8. The lowest BCUT2D eigenvalue weighted by Crippen LogP contribution is -2.23. The number of aromatic nitrogens is 2. The molecule has 1 N–H and O–H groups in total. The first-order valence-corrected chi connectivity index (χ1v) is 9.73. The molecule has 2 aromatic heterocycles. The third-order valence-corrected chi connectivity index (χ3v) is 5.89. The van der Waals surface area contributed by atoms with Crippen molar-refractivity contribution in [1.29, 1.82) is 0 Å². The molecule has 4 rings (SSSR count). The second-order valence-electron chi connectivity index (χ2n) is 6.04. The van der Waals surface area contributed by atoms with Crippen LogP contribution in [0.5, 0.6) is 0 Å². The molecule has 0 bridgehead atoms. The highest BCUT2D eigenvalue weighted by molar-refractivity contribution is 9.10. The van der Waals surface area contributed by atoms with Crippen LogP contribution in [0.25, 0.3) is 10.7 Å². The van der Waals surface area contributed by atoms with Crippen molar-refractivity contribution in [2.24, 2.45) is 5.92 Å². The number of thiophene rings is 1. The number of rotatable bonds is 6. The van der Waals surface area contributed by atoms with E-state index in [4.69, 9.17) is 4.52 Å². The van der Waals surface area contributed by atoms with E-state index in [1.165, 1.54) is 0 Å². The van der Waals surface area contributed by atoms with Crippen molar-refractivity contribution < 1.29 is 9.32 Å². The van der Waals surface area contributed by atoms with Gasteiger partial charge in [-0.05, 0) is 36.6 Å². The summed E-state index contributed by atoms with van der Waals surface area (Å²) in [6.45, 7) is 0.557. The number of halogens is 1. The average Bonchev–Trinajstić information content (AvgIpc) is 3.18. The van der Waals surface area contributed by atoms with E-state index in [0.717, 1.165) is 32.6 Å². The fourth-order valence-corrected chi connectivity index (χ4v) is 3.79. The van der Waals surface area contributed by atoms with Crippen LogP contribution in [0.2, 0.25) is 0 Å². The van der Waals surface area contributed by atoms with Crippen molar-refractivity contribution >= 4 is 33.2 Å². The van der Waals surface area contributed by atoms with Crippen molar-refractivity contribution in [3.63, 3.8) is 0 Å². The number of nitrogens with zero attached hydrogens (tertiary/aromatic N) is 2. The maximum Gasteiger partial charge on any atom is 0.231 e. The van der Waals surface area contributed by atoms with Gasteiger partial charge in [0.2, 0.25) is 17.6 Å². The maximum absolute atomic E-state index is 11.7. The van der Waals surface area contributed by atoms with E-state index in [1.807, 2.05) is 36.4 Å². The number of carbonyl (C=O) groups excluding carboxylic acids is 1. The first kappa shape index (κ1) is 16.5. The molecule has 128 valence electrons. The molecular formula is C18H16BrN3O2S. The average molecular weight is 418 g/mol. The molecule has 1 aromatic carbocycles. The zero-order chi connectivity index (χ0) is 17.2. The summed E-state index contributed by atoms with van der Waals surface area (Å²) in [7, 11) is 0. The van der Waals surface area contributed by atoms with Gasteiger partial charge in [0.05, 0.1) is 17.8 Å². The van der Waals surface area contributed by atoms with Gasteiger partial charge in [-0.2, -0.15) is 4.98 Å². The predicted octanol–water partition coefficient (Wildman–Crippen LogP) is 4.18. The predicted molar refractivity (Wildman–Crippen MR) is 99.1 cm³/mol. The number of amides is 1. The molecule has 0 unspecified atom stereocenters. The number of carbonyl (C=O) groups is 1. The minimum absolute atomic E-state index is 0.158. The van der Waals surface area contributed by atoms with Gasteiger partial charge in [0.25, 0.3) is 0 Å². The molecule has 1 fully saturated rings. The van der Waals surface area contributed by atoms with Gasteiger partial charge < -0.3 is 9.84 Å². The summed E-state index contributed by atoms with van der Waals surface area (Å²) in [4.78, 5) is 18.2. The highest BCUT2D eigenvalue weighted by Crippen LogP contribution is 2.30. The standard InChI is InChI=1S/C18H16BrN3O2S/c19-14-4-2-1-3-12(14)9-16-21-17(22-24-16)15-8-7-13(25-15)10-20-18(23)11-5-6-11/h1-4,7-8,11H,5-6,9-10H2,(H,20,23). The monoisotopic (exact) mass is 417 g/mol. The van der Waals surface area contributed by atoms with Gasteiger partial charge in [0.1, 0.15) is 0 Å². The van der Waals surface area contributed by atoms with Crippen LogP contribution in [-0.2, 0) is 17.8 Å². The first-order chi connectivity index (χ1) is 12.2. The quantitative estimate of drug-likeness (QED) is 0.652. The van der Waals surface area contributed by atoms with Crippen molar-refractivity contribution in [2.75, 3.05) is 0 Å². The Labute approximate surface area is 157 Å². The van der Waals surface area contributed by atoms with Gasteiger partial charge in [0.15, 0.2) is 0 Å². The Balaban J connectivity index is 1.41. The van der Waals surface area contributed by atoms with Gasteiger partial charge in [0, 0.05) is 15.3 Å². The smallest absolute Gasteiger partial charge is 0.231 e. The number of hydrogen-bond acceptors (Lipinski definition) is 5.